The van der Waals surface area contributed by atoms with Gasteiger partial charge in [0.05, 0.1) is 26.0 Å². The predicted molar refractivity (Wildman–Crippen MR) is 134 cm³/mol. The van der Waals surface area contributed by atoms with E-state index in [-0.39, 0.29) is 11.5 Å². The fourth-order valence-electron chi connectivity index (χ4n) is 8.01. The second-order valence-electron chi connectivity index (χ2n) is 11.4. The highest BCUT2D eigenvalue weighted by Gasteiger charge is 2.53. The number of ether oxygens (including phenoxy) is 2. The second kappa shape index (κ2) is 9.25. The first-order valence-corrected chi connectivity index (χ1v) is 13.2. The van der Waals surface area contributed by atoms with E-state index in [1.54, 1.807) is 20.5 Å². The molecule has 4 aliphatic carbocycles. The highest BCUT2D eigenvalue weighted by molar-refractivity contribution is 5.48. The molecular formula is C28H38N4O3. The highest BCUT2D eigenvalue weighted by atomic mass is 16.5. The number of para-hydroxylation sites is 1. The Labute approximate surface area is 208 Å². The van der Waals surface area contributed by atoms with Crippen molar-refractivity contribution in [2.24, 2.45) is 23.2 Å². The van der Waals surface area contributed by atoms with E-state index in [9.17, 15) is 5.11 Å². The van der Waals surface area contributed by atoms with Crippen LogP contribution in [0.4, 0.5) is 5.82 Å². The molecule has 2 N–H and O–H groups in total. The van der Waals surface area contributed by atoms with Crippen molar-refractivity contribution in [2.45, 2.75) is 64.1 Å². The second-order valence-corrected chi connectivity index (χ2v) is 11.4. The fourth-order valence-corrected chi connectivity index (χ4v) is 8.01. The SMILES string of the molecule is COc1cccc(CN2CCc3c(ncnc3NCC(O)C34CC5CC(CC(C5)C3)C4)C2)c1OC. The third kappa shape index (κ3) is 4.27. The summed E-state index contributed by atoms with van der Waals surface area (Å²) < 4.78 is 11.1. The molecule has 4 fully saturated rings. The summed E-state index contributed by atoms with van der Waals surface area (Å²) >= 11 is 0. The summed E-state index contributed by atoms with van der Waals surface area (Å²) in [5.74, 6) is 4.99. The predicted octanol–water partition coefficient (Wildman–Crippen LogP) is 4.04. The molecule has 5 aliphatic rings. The Bertz CT molecular complexity index is 1040. The van der Waals surface area contributed by atoms with Crippen molar-refractivity contribution in [3.8, 4) is 11.5 Å². The Morgan fingerprint density at radius 1 is 1.09 bits per heavy atom. The number of aromatic nitrogens is 2. The van der Waals surface area contributed by atoms with Gasteiger partial charge >= 0.3 is 0 Å². The van der Waals surface area contributed by atoms with Gasteiger partial charge < -0.3 is 19.9 Å². The lowest BCUT2D eigenvalue weighted by Gasteiger charge is -2.58. The van der Waals surface area contributed by atoms with Gasteiger partial charge in [0.15, 0.2) is 11.5 Å². The quantitative estimate of drug-likeness (QED) is 0.593. The van der Waals surface area contributed by atoms with Crippen LogP contribution in [0.1, 0.15) is 55.3 Å². The van der Waals surface area contributed by atoms with E-state index in [0.717, 1.165) is 72.4 Å². The van der Waals surface area contributed by atoms with E-state index in [2.05, 4.69) is 26.3 Å². The smallest absolute Gasteiger partial charge is 0.165 e. The normalized spacial score (nSPS) is 30.1. The largest absolute Gasteiger partial charge is 0.493 e. The molecule has 0 radical (unpaired) electrons. The van der Waals surface area contributed by atoms with Gasteiger partial charge in [-0.3, -0.25) is 4.90 Å². The van der Waals surface area contributed by atoms with Crippen LogP contribution in [0.2, 0.25) is 0 Å². The first kappa shape index (κ1) is 23.0. The minimum Gasteiger partial charge on any atom is -0.493 e. The van der Waals surface area contributed by atoms with Crippen LogP contribution in [-0.2, 0) is 19.5 Å². The number of nitrogens with zero attached hydrogens (tertiary/aromatic N) is 3. The van der Waals surface area contributed by atoms with E-state index in [1.165, 1.54) is 44.1 Å². The van der Waals surface area contributed by atoms with Crippen LogP contribution >= 0.6 is 0 Å². The molecule has 4 bridgehead atoms. The van der Waals surface area contributed by atoms with Gasteiger partial charge in [-0.15, -0.1) is 0 Å². The maximum atomic E-state index is 11.3. The molecule has 0 spiro atoms. The van der Waals surface area contributed by atoms with Crippen molar-refractivity contribution in [1.82, 2.24) is 14.9 Å². The van der Waals surface area contributed by atoms with E-state index in [4.69, 9.17) is 9.47 Å². The van der Waals surface area contributed by atoms with Crippen LogP contribution in [0.25, 0.3) is 0 Å². The summed E-state index contributed by atoms with van der Waals surface area (Å²) in [6, 6.07) is 6.03. The Kier molecular flexibility index (Phi) is 6.09. The number of hydrogen-bond donors (Lipinski definition) is 2. The number of fused-ring (bicyclic) bond motifs is 1. The summed E-state index contributed by atoms with van der Waals surface area (Å²) in [6.07, 6.45) is 10.1. The molecular weight excluding hydrogens is 440 g/mol. The molecule has 1 aromatic heterocycles. The average Bonchev–Trinajstić information content (AvgIpc) is 2.86. The lowest BCUT2D eigenvalue weighted by molar-refractivity contribution is -0.115. The van der Waals surface area contributed by atoms with E-state index >= 15 is 0 Å². The standard InChI is InChI=1S/C28H38N4O3/c1-34-24-5-3-4-21(26(24)35-2)15-32-7-6-22-23(16-32)30-17-31-27(22)29-14-25(33)28-11-18-8-19(12-28)10-20(9-18)13-28/h3-5,17-20,25,33H,6-16H2,1-2H3,(H,29,30,31). The van der Waals surface area contributed by atoms with Crippen molar-refractivity contribution in [1.29, 1.82) is 0 Å². The Balaban J connectivity index is 1.12. The van der Waals surface area contributed by atoms with Crippen LogP contribution < -0.4 is 14.8 Å². The Hall–Kier alpha value is -2.38. The summed E-state index contributed by atoms with van der Waals surface area (Å²) in [5, 5.41) is 14.9. The van der Waals surface area contributed by atoms with Crippen LogP contribution in [0.15, 0.2) is 24.5 Å². The minimum absolute atomic E-state index is 0.126. The number of methoxy groups -OCH3 is 2. The van der Waals surface area contributed by atoms with Gasteiger partial charge in [0.25, 0.3) is 0 Å². The number of nitrogens with one attached hydrogen (secondary N) is 1. The third-order valence-electron chi connectivity index (χ3n) is 9.22. The summed E-state index contributed by atoms with van der Waals surface area (Å²) in [4.78, 5) is 11.6. The molecule has 1 aromatic carbocycles. The summed E-state index contributed by atoms with van der Waals surface area (Å²) in [6.45, 7) is 3.05. The lowest BCUT2D eigenvalue weighted by atomic mass is 9.48. The molecule has 2 heterocycles. The van der Waals surface area contributed by atoms with Gasteiger partial charge in [0, 0.05) is 37.3 Å². The number of benzene rings is 1. The molecule has 1 aliphatic heterocycles. The zero-order valence-corrected chi connectivity index (χ0v) is 21.0. The first-order chi connectivity index (χ1) is 17.1. The van der Waals surface area contributed by atoms with Crippen LogP contribution in [-0.4, -0.2) is 53.4 Å². The highest BCUT2D eigenvalue weighted by Crippen LogP contribution is 2.61. The molecule has 7 heteroatoms. The molecule has 0 saturated heterocycles. The van der Waals surface area contributed by atoms with Gasteiger partial charge in [-0.2, -0.15) is 0 Å². The molecule has 0 amide bonds. The van der Waals surface area contributed by atoms with Gasteiger partial charge in [-0.05, 0) is 74.2 Å². The van der Waals surface area contributed by atoms with Crippen LogP contribution in [0, 0.1) is 23.2 Å². The van der Waals surface area contributed by atoms with Gasteiger partial charge in [-0.1, -0.05) is 12.1 Å². The molecule has 1 atom stereocenters. The Morgan fingerprint density at radius 3 is 2.51 bits per heavy atom. The van der Waals surface area contributed by atoms with Crippen molar-refractivity contribution < 1.29 is 14.6 Å². The fraction of sp³-hybridized carbons (Fsp3) is 0.643. The molecule has 188 valence electrons. The van der Waals surface area contributed by atoms with Crippen molar-refractivity contribution >= 4 is 5.82 Å². The van der Waals surface area contributed by atoms with Crippen molar-refractivity contribution in [3.63, 3.8) is 0 Å². The van der Waals surface area contributed by atoms with Gasteiger partial charge in [-0.25, -0.2) is 9.97 Å². The molecule has 35 heavy (non-hydrogen) atoms. The molecule has 7 rings (SSSR count). The average molecular weight is 479 g/mol. The maximum absolute atomic E-state index is 11.3. The maximum Gasteiger partial charge on any atom is 0.165 e. The summed E-state index contributed by atoms with van der Waals surface area (Å²) in [7, 11) is 3.36. The van der Waals surface area contributed by atoms with Gasteiger partial charge in [0.1, 0.15) is 12.1 Å². The minimum atomic E-state index is -0.304. The van der Waals surface area contributed by atoms with Crippen LogP contribution in [0.5, 0.6) is 11.5 Å². The monoisotopic (exact) mass is 478 g/mol. The number of rotatable bonds is 8. The van der Waals surface area contributed by atoms with Crippen LogP contribution in [0.3, 0.4) is 0 Å². The zero-order chi connectivity index (χ0) is 24.0. The zero-order valence-electron chi connectivity index (χ0n) is 21.0. The van der Waals surface area contributed by atoms with E-state index < -0.39 is 0 Å². The molecule has 4 saturated carbocycles. The topological polar surface area (TPSA) is 79.7 Å². The lowest BCUT2D eigenvalue weighted by Crippen LogP contribution is -2.53. The first-order valence-electron chi connectivity index (χ1n) is 13.2. The number of aliphatic hydroxyl groups is 1. The number of aliphatic hydroxyl groups excluding tert-OH is 1. The van der Waals surface area contributed by atoms with Crippen molar-refractivity contribution in [2.75, 3.05) is 32.6 Å². The Morgan fingerprint density at radius 2 is 1.83 bits per heavy atom. The molecule has 1 unspecified atom stereocenters. The van der Waals surface area contributed by atoms with E-state index in [1.807, 2.05) is 12.1 Å². The summed E-state index contributed by atoms with van der Waals surface area (Å²) in [5.41, 5.74) is 3.50. The molecule has 2 aromatic rings. The number of hydrogen-bond acceptors (Lipinski definition) is 7. The van der Waals surface area contributed by atoms with Gasteiger partial charge in [0.2, 0.25) is 0 Å². The third-order valence-corrected chi connectivity index (χ3v) is 9.22. The van der Waals surface area contributed by atoms with Crippen molar-refractivity contribution in [3.05, 3.63) is 41.3 Å². The van der Waals surface area contributed by atoms with E-state index in [0.29, 0.717) is 6.54 Å². The number of anilines is 1. The molecule has 7 nitrogen and oxygen atoms in total.